The summed E-state index contributed by atoms with van der Waals surface area (Å²) in [7, 11) is 0. The molecule has 0 aromatic carbocycles. The number of carbonyl (C=O) groups is 1. The molecule has 102 valence electrons. The molecule has 1 aromatic rings. The Labute approximate surface area is 116 Å². The van der Waals surface area contributed by atoms with Crippen LogP contribution < -0.4 is 5.32 Å². The Kier molecular flexibility index (Phi) is 4.97. The van der Waals surface area contributed by atoms with Gasteiger partial charge in [-0.1, -0.05) is 11.8 Å². The summed E-state index contributed by atoms with van der Waals surface area (Å²) in [5.74, 6) is 5.68. The highest BCUT2D eigenvalue weighted by atomic mass is 32.1. The largest absolute Gasteiger partial charge is 0.384 e. The number of hydrogen-bond donors (Lipinski definition) is 2. The predicted molar refractivity (Wildman–Crippen MR) is 74.1 cm³/mol. The number of aliphatic hydroxyl groups is 1. The molecule has 2 rings (SSSR count). The van der Waals surface area contributed by atoms with Crippen LogP contribution in [-0.4, -0.2) is 36.9 Å². The summed E-state index contributed by atoms with van der Waals surface area (Å²) in [5.41, 5.74) is 0.624. The summed E-state index contributed by atoms with van der Waals surface area (Å²) in [6.07, 6.45) is 1.21. The summed E-state index contributed by atoms with van der Waals surface area (Å²) in [6, 6.07) is 1.75. The fraction of sp³-hybridized carbons (Fsp3) is 0.500. The van der Waals surface area contributed by atoms with E-state index in [1.165, 1.54) is 11.3 Å². The molecule has 4 nitrogen and oxygen atoms in total. The fourth-order valence-corrected chi connectivity index (χ4v) is 2.77. The normalized spacial score (nSPS) is 21.8. The number of thiophene rings is 1. The maximum Gasteiger partial charge on any atom is 0.252 e. The molecule has 2 unspecified atom stereocenters. The number of aliphatic hydroxyl groups excluding tert-OH is 1. The predicted octanol–water partition coefficient (Wildman–Crippen LogP) is 1.25. The van der Waals surface area contributed by atoms with Gasteiger partial charge in [-0.05, 0) is 19.4 Å². The molecule has 19 heavy (non-hydrogen) atoms. The Morgan fingerprint density at radius 3 is 3.21 bits per heavy atom. The standard InChI is InChI=1S/C14H17NO3S/c1-10-11(4-6-18-10)8-15-14(17)12-7-13(19-9-12)3-2-5-16/h7,9-11,16H,4-6,8H2,1H3,(H,15,17). The van der Waals surface area contributed by atoms with E-state index in [1.54, 1.807) is 11.4 Å². The maximum atomic E-state index is 12.0. The van der Waals surface area contributed by atoms with Crippen LogP contribution in [-0.2, 0) is 4.74 Å². The van der Waals surface area contributed by atoms with E-state index in [1.807, 2.05) is 6.92 Å². The molecule has 1 amide bonds. The molecule has 1 aliphatic heterocycles. The number of amides is 1. The summed E-state index contributed by atoms with van der Waals surface area (Å²) >= 11 is 1.41. The van der Waals surface area contributed by atoms with E-state index in [-0.39, 0.29) is 18.6 Å². The van der Waals surface area contributed by atoms with Crippen molar-refractivity contribution in [3.63, 3.8) is 0 Å². The van der Waals surface area contributed by atoms with Crippen molar-refractivity contribution in [1.82, 2.24) is 5.32 Å². The van der Waals surface area contributed by atoms with Gasteiger partial charge in [0.15, 0.2) is 0 Å². The minimum atomic E-state index is -0.168. The van der Waals surface area contributed by atoms with Crippen molar-refractivity contribution in [3.8, 4) is 11.8 Å². The van der Waals surface area contributed by atoms with Crippen molar-refractivity contribution in [1.29, 1.82) is 0 Å². The highest BCUT2D eigenvalue weighted by molar-refractivity contribution is 7.10. The van der Waals surface area contributed by atoms with E-state index < -0.39 is 0 Å². The minimum absolute atomic E-state index is 0.0765. The first-order valence-electron chi connectivity index (χ1n) is 6.28. The lowest BCUT2D eigenvalue weighted by Gasteiger charge is -2.14. The SMILES string of the molecule is CC1OCCC1CNC(=O)c1csc(C#CCO)c1. The molecule has 2 heterocycles. The van der Waals surface area contributed by atoms with Crippen LogP contribution in [0.4, 0.5) is 0 Å². The quantitative estimate of drug-likeness (QED) is 0.819. The van der Waals surface area contributed by atoms with Crippen molar-refractivity contribution in [2.45, 2.75) is 19.4 Å². The van der Waals surface area contributed by atoms with E-state index in [9.17, 15) is 4.79 Å². The Hall–Kier alpha value is -1.35. The average Bonchev–Trinajstić information content (AvgIpc) is 3.03. The van der Waals surface area contributed by atoms with Crippen LogP contribution in [0.5, 0.6) is 0 Å². The Balaban J connectivity index is 1.87. The van der Waals surface area contributed by atoms with Gasteiger partial charge in [-0.3, -0.25) is 4.79 Å². The van der Waals surface area contributed by atoms with Crippen molar-refractivity contribution in [2.24, 2.45) is 5.92 Å². The molecule has 0 saturated carbocycles. The molecule has 5 heteroatoms. The van der Waals surface area contributed by atoms with Gasteiger partial charge >= 0.3 is 0 Å². The lowest BCUT2D eigenvalue weighted by molar-refractivity contribution is 0.0907. The third-order valence-electron chi connectivity index (χ3n) is 3.21. The minimum Gasteiger partial charge on any atom is -0.384 e. The second kappa shape index (κ2) is 6.71. The van der Waals surface area contributed by atoms with Crippen LogP contribution in [0, 0.1) is 17.8 Å². The van der Waals surface area contributed by atoms with E-state index in [0.29, 0.717) is 18.0 Å². The first kappa shape index (κ1) is 14.1. The van der Waals surface area contributed by atoms with Gasteiger partial charge in [-0.2, -0.15) is 0 Å². The van der Waals surface area contributed by atoms with Gasteiger partial charge < -0.3 is 15.2 Å². The smallest absolute Gasteiger partial charge is 0.252 e. The van der Waals surface area contributed by atoms with Crippen molar-refractivity contribution < 1.29 is 14.6 Å². The second-order valence-corrected chi connectivity index (χ2v) is 5.41. The fourth-order valence-electron chi connectivity index (χ4n) is 2.02. The van der Waals surface area contributed by atoms with Crippen LogP contribution in [0.3, 0.4) is 0 Å². The molecule has 0 spiro atoms. The number of rotatable bonds is 3. The molecule has 2 atom stereocenters. The maximum absolute atomic E-state index is 12.0. The summed E-state index contributed by atoms with van der Waals surface area (Å²) < 4.78 is 5.46. The molecule has 1 fully saturated rings. The number of hydrogen-bond acceptors (Lipinski definition) is 4. The zero-order chi connectivity index (χ0) is 13.7. The van der Waals surface area contributed by atoms with Crippen LogP contribution in [0.2, 0.25) is 0 Å². The van der Waals surface area contributed by atoms with Gasteiger partial charge in [0.25, 0.3) is 5.91 Å². The van der Waals surface area contributed by atoms with Gasteiger partial charge in [0.2, 0.25) is 0 Å². The van der Waals surface area contributed by atoms with E-state index >= 15 is 0 Å². The first-order valence-corrected chi connectivity index (χ1v) is 7.16. The molecule has 2 N–H and O–H groups in total. The van der Waals surface area contributed by atoms with Crippen molar-refractivity contribution in [3.05, 3.63) is 21.9 Å². The van der Waals surface area contributed by atoms with Crippen LogP contribution in [0.25, 0.3) is 0 Å². The third kappa shape index (κ3) is 3.80. The molecule has 0 aliphatic carbocycles. The zero-order valence-corrected chi connectivity index (χ0v) is 11.6. The summed E-state index contributed by atoms with van der Waals surface area (Å²) in [4.78, 5) is 12.7. The molecule has 0 bridgehead atoms. The summed E-state index contributed by atoms with van der Waals surface area (Å²) in [6.45, 7) is 3.30. The number of carbonyl (C=O) groups excluding carboxylic acids is 1. The number of nitrogens with one attached hydrogen (secondary N) is 1. The topological polar surface area (TPSA) is 58.6 Å². The molecular weight excluding hydrogens is 262 g/mol. The molecular formula is C14H17NO3S. The Morgan fingerprint density at radius 2 is 2.53 bits per heavy atom. The van der Waals surface area contributed by atoms with E-state index in [0.717, 1.165) is 17.9 Å². The Morgan fingerprint density at radius 1 is 1.68 bits per heavy atom. The molecule has 1 aliphatic rings. The van der Waals surface area contributed by atoms with Crippen LogP contribution in [0.15, 0.2) is 11.4 Å². The second-order valence-electron chi connectivity index (χ2n) is 4.49. The van der Waals surface area contributed by atoms with Crippen LogP contribution in [0.1, 0.15) is 28.6 Å². The first-order chi connectivity index (χ1) is 9.20. The van der Waals surface area contributed by atoms with Gasteiger partial charge in [-0.25, -0.2) is 0 Å². The van der Waals surface area contributed by atoms with E-state index in [2.05, 4.69) is 17.2 Å². The molecule has 1 aromatic heterocycles. The monoisotopic (exact) mass is 279 g/mol. The van der Waals surface area contributed by atoms with Gasteiger partial charge in [0.05, 0.1) is 16.5 Å². The molecule has 0 radical (unpaired) electrons. The van der Waals surface area contributed by atoms with Crippen LogP contribution >= 0.6 is 11.3 Å². The van der Waals surface area contributed by atoms with Crippen molar-refractivity contribution in [2.75, 3.05) is 19.8 Å². The lowest BCUT2D eigenvalue weighted by Crippen LogP contribution is -2.31. The Bertz CT molecular complexity index is 500. The van der Waals surface area contributed by atoms with Crippen molar-refractivity contribution >= 4 is 17.2 Å². The lowest BCUT2D eigenvalue weighted by atomic mass is 10.0. The number of ether oxygens (including phenoxy) is 1. The highest BCUT2D eigenvalue weighted by Gasteiger charge is 2.24. The average molecular weight is 279 g/mol. The van der Waals surface area contributed by atoms with Gasteiger partial charge in [0, 0.05) is 24.4 Å². The summed E-state index contributed by atoms with van der Waals surface area (Å²) in [5, 5.41) is 13.3. The zero-order valence-electron chi connectivity index (χ0n) is 10.8. The van der Waals surface area contributed by atoms with E-state index in [4.69, 9.17) is 9.84 Å². The highest BCUT2D eigenvalue weighted by Crippen LogP contribution is 2.19. The third-order valence-corrected chi connectivity index (χ3v) is 4.06. The molecule has 1 saturated heterocycles. The van der Waals surface area contributed by atoms with Gasteiger partial charge in [-0.15, -0.1) is 11.3 Å². The van der Waals surface area contributed by atoms with Gasteiger partial charge in [0.1, 0.15) is 6.61 Å².